The second-order valence-corrected chi connectivity index (χ2v) is 15.7. The molecule has 0 saturated carbocycles. The summed E-state index contributed by atoms with van der Waals surface area (Å²) in [6, 6.07) is 20.7. The third kappa shape index (κ3) is 5.31. The van der Waals surface area contributed by atoms with Crippen molar-refractivity contribution >= 4 is 30.8 Å². The van der Waals surface area contributed by atoms with Crippen LogP contribution in [0.5, 0.6) is 0 Å². The monoisotopic (exact) mass is 497 g/mol. The number of hydrogen-bond acceptors (Lipinski definition) is 5. The zero-order chi connectivity index (χ0) is 26.1. The minimum absolute atomic E-state index is 0.225. The summed E-state index contributed by atoms with van der Waals surface area (Å²) in [5.41, 5.74) is -1.88. The maximum atomic E-state index is 13.2. The summed E-state index contributed by atoms with van der Waals surface area (Å²) in [6.07, 6.45) is -0.597. The van der Waals surface area contributed by atoms with Gasteiger partial charge in [-0.2, -0.15) is 0 Å². The highest BCUT2D eigenvalue weighted by Gasteiger charge is 2.57. The molecule has 0 aliphatic carbocycles. The first-order valence-corrected chi connectivity index (χ1v) is 14.0. The second kappa shape index (κ2) is 9.78. The van der Waals surface area contributed by atoms with Crippen molar-refractivity contribution in [3.8, 4) is 0 Å². The third-order valence-electron chi connectivity index (χ3n) is 6.61. The van der Waals surface area contributed by atoms with Crippen molar-refractivity contribution in [3.05, 3.63) is 60.7 Å². The van der Waals surface area contributed by atoms with E-state index in [9.17, 15) is 9.59 Å². The smallest absolute Gasteiger partial charge is 0.411 e. The number of amides is 1. The average molecular weight is 498 g/mol. The molecule has 0 N–H and O–H groups in total. The van der Waals surface area contributed by atoms with Gasteiger partial charge in [0.2, 0.25) is 0 Å². The molecule has 2 aromatic carbocycles. The molecule has 2 aromatic rings. The molecule has 1 heterocycles. The minimum Gasteiger partial charge on any atom is -0.467 e. The Hall–Kier alpha value is -2.64. The van der Waals surface area contributed by atoms with E-state index in [-0.39, 0.29) is 17.7 Å². The highest BCUT2D eigenvalue weighted by molar-refractivity contribution is 6.99. The predicted molar refractivity (Wildman–Crippen MR) is 140 cm³/mol. The van der Waals surface area contributed by atoms with Crippen molar-refractivity contribution in [3.63, 3.8) is 0 Å². The van der Waals surface area contributed by atoms with Gasteiger partial charge in [-0.25, -0.2) is 9.59 Å². The van der Waals surface area contributed by atoms with E-state index < -0.39 is 31.5 Å². The van der Waals surface area contributed by atoms with Gasteiger partial charge in [0.05, 0.1) is 19.8 Å². The molecule has 2 atom stereocenters. The van der Waals surface area contributed by atoms with Gasteiger partial charge in [-0.15, -0.1) is 0 Å². The highest BCUT2D eigenvalue weighted by Crippen LogP contribution is 2.41. The molecule has 0 spiro atoms. The van der Waals surface area contributed by atoms with Gasteiger partial charge in [0.25, 0.3) is 8.32 Å². The number of ether oxygens (including phenoxy) is 2. The molecule has 0 radical (unpaired) electrons. The van der Waals surface area contributed by atoms with E-state index in [1.54, 1.807) is 6.92 Å². The number of methoxy groups -OCH3 is 1. The Bertz CT molecular complexity index is 989. The van der Waals surface area contributed by atoms with Gasteiger partial charge >= 0.3 is 12.1 Å². The van der Waals surface area contributed by atoms with Gasteiger partial charge in [-0.1, -0.05) is 81.4 Å². The summed E-state index contributed by atoms with van der Waals surface area (Å²) in [5.74, 6) is -0.475. The predicted octanol–water partition coefficient (Wildman–Crippen LogP) is 4.50. The average Bonchev–Trinajstić information content (AvgIpc) is 3.13. The van der Waals surface area contributed by atoms with E-state index in [1.165, 1.54) is 12.0 Å². The van der Waals surface area contributed by atoms with Gasteiger partial charge in [-0.3, -0.25) is 4.90 Å². The number of nitrogens with zero attached hydrogens (tertiary/aromatic N) is 1. The van der Waals surface area contributed by atoms with Crippen LogP contribution in [0.1, 0.15) is 54.9 Å². The Kier molecular flexibility index (Phi) is 7.53. The van der Waals surface area contributed by atoms with Crippen molar-refractivity contribution in [1.82, 2.24) is 4.90 Å². The van der Waals surface area contributed by atoms with Crippen molar-refractivity contribution in [2.75, 3.05) is 13.7 Å². The SMILES string of the molecule is COC(=O)[C@@]1(C)C[C@@H](O[Si](c2ccccc2)(c2ccccc2)C(C)(C)C)CN1C(=O)OC(C)(C)C. The lowest BCUT2D eigenvalue weighted by Crippen LogP contribution is -2.67. The lowest BCUT2D eigenvalue weighted by atomic mass is 9.98. The van der Waals surface area contributed by atoms with E-state index in [4.69, 9.17) is 13.9 Å². The summed E-state index contributed by atoms with van der Waals surface area (Å²) in [4.78, 5) is 27.6. The fourth-order valence-electron chi connectivity index (χ4n) is 5.05. The molecule has 7 heteroatoms. The highest BCUT2D eigenvalue weighted by atomic mass is 28.4. The topological polar surface area (TPSA) is 65.1 Å². The van der Waals surface area contributed by atoms with Gasteiger partial charge in [0, 0.05) is 6.42 Å². The van der Waals surface area contributed by atoms with Gasteiger partial charge in [0.15, 0.2) is 0 Å². The first-order chi connectivity index (χ1) is 16.2. The lowest BCUT2D eigenvalue weighted by Gasteiger charge is -2.44. The van der Waals surface area contributed by atoms with Crippen LogP contribution in [-0.2, 0) is 18.7 Å². The van der Waals surface area contributed by atoms with Crippen LogP contribution in [0.4, 0.5) is 4.79 Å². The van der Waals surface area contributed by atoms with Crippen LogP contribution in [0.25, 0.3) is 0 Å². The molecule has 6 nitrogen and oxygen atoms in total. The fraction of sp³-hybridized carbons (Fsp3) is 0.500. The molecule has 0 unspecified atom stereocenters. The number of benzene rings is 2. The third-order valence-corrected chi connectivity index (χ3v) is 11.7. The number of hydrogen-bond donors (Lipinski definition) is 0. The molecule has 1 saturated heterocycles. The molecule has 0 aromatic heterocycles. The molecule has 0 bridgehead atoms. The van der Waals surface area contributed by atoms with Crippen LogP contribution in [0.2, 0.25) is 5.04 Å². The Morgan fingerprint density at radius 3 is 1.80 bits per heavy atom. The first-order valence-electron chi connectivity index (χ1n) is 12.1. The first kappa shape index (κ1) is 27.0. The van der Waals surface area contributed by atoms with E-state index >= 15 is 0 Å². The van der Waals surface area contributed by atoms with Crippen LogP contribution in [0, 0.1) is 0 Å². The van der Waals surface area contributed by atoms with E-state index in [0.29, 0.717) is 6.42 Å². The quantitative estimate of drug-likeness (QED) is 0.449. The molecule has 35 heavy (non-hydrogen) atoms. The molecule has 1 amide bonds. The largest absolute Gasteiger partial charge is 0.467 e. The molecular formula is C28H39NO5Si. The Balaban J connectivity index is 2.10. The van der Waals surface area contributed by atoms with E-state index in [0.717, 1.165) is 10.4 Å². The number of esters is 1. The fourth-order valence-corrected chi connectivity index (χ4v) is 9.72. The lowest BCUT2D eigenvalue weighted by molar-refractivity contribution is -0.152. The Morgan fingerprint density at radius 2 is 1.40 bits per heavy atom. The summed E-state index contributed by atoms with van der Waals surface area (Å²) in [5, 5.41) is 2.07. The molecule has 3 rings (SSSR count). The Morgan fingerprint density at radius 1 is 0.914 bits per heavy atom. The number of carbonyl (C=O) groups excluding carboxylic acids is 2. The van der Waals surface area contributed by atoms with Crippen molar-refractivity contribution in [2.45, 2.75) is 77.2 Å². The maximum Gasteiger partial charge on any atom is 0.411 e. The van der Waals surface area contributed by atoms with E-state index in [2.05, 4.69) is 45.0 Å². The molecule has 1 aliphatic rings. The van der Waals surface area contributed by atoms with Crippen LogP contribution in [0.3, 0.4) is 0 Å². The zero-order valence-electron chi connectivity index (χ0n) is 22.3. The van der Waals surface area contributed by atoms with Gasteiger partial charge in [0.1, 0.15) is 11.1 Å². The van der Waals surface area contributed by atoms with E-state index in [1.807, 2.05) is 57.2 Å². The normalized spacial score (nSPS) is 21.0. The summed E-state index contributed by atoms with van der Waals surface area (Å²) < 4.78 is 18.0. The van der Waals surface area contributed by atoms with Crippen LogP contribution in [-0.4, -0.2) is 56.2 Å². The van der Waals surface area contributed by atoms with Crippen LogP contribution < -0.4 is 10.4 Å². The van der Waals surface area contributed by atoms with Crippen LogP contribution >= 0.6 is 0 Å². The summed E-state index contributed by atoms with van der Waals surface area (Å²) >= 11 is 0. The molecule has 1 aliphatic heterocycles. The summed E-state index contributed by atoms with van der Waals surface area (Å²) in [7, 11) is -1.52. The van der Waals surface area contributed by atoms with Gasteiger partial charge < -0.3 is 13.9 Å². The number of rotatable bonds is 5. The molecule has 190 valence electrons. The summed E-state index contributed by atoms with van der Waals surface area (Å²) in [6.45, 7) is 14.0. The molecular weight excluding hydrogens is 458 g/mol. The van der Waals surface area contributed by atoms with Gasteiger partial charge in [-0.05, 0) is 43.1 Å². The molecule has 1 fully saturated rings. The standard InChI is InChI=1S/C28H39NO5Si/c1-26(2,3)33-25(31)29-20-21(19-28(29,7)24(30)32-8)34-35(27(4,5)6,22-15-11-9-12-16-22)23-17-13-10-14-18-23/h9-18,21H,19-20H2,1-8H3/t21-,28-/m1/s1. The Labute approximate surface area is 210 Å². The van der Waals surface area contributed by atoms with Crippen molar-refractivity contribution in [2.24, 2.45) is 0 Å². The number of carbonyl (C=O) groups is 2. The van der Waals surface area contributed by atoms with Crippen molar-refractivity contribution < 1.29 is 23.5 Å². The second-order valence-electron chi connectivity index (χ2n) is 11.5. The zero-order valence-corrected chi connectivity index (χ0v) is 23.3. The van der Waals surface area contributed by atoms with Crippen LogP contribution in [0.15, 0.2) is 60.7 Å². The number of likely N-dealkylation sites (tertiary alicyclic amines) is 1. The van der Waals surface area contributed by atoms with Crippen molar-refractivity contribution in [1.29, 1.82) is 0 Å². The maximum absolute atomic E-state index is 13.2. The minimum atomic E-state index is -2.86.